The lowest BCUT2D eigenvalue weighted by Gasteiger charge is -2.34. The zero-order chi connectivity index (χ0) is 12.5. The topological polar surface area (TPSA) is 21.1 Å². The molecule has 0 N–H and O–H groups in total. The van der Waals surface area contributed by atoms with Gasteiger partial charge in [-0.1, -0.05) is 18.5 Å². The molecule has 92 valence electrons. The highest BCUT2D eigenvalue weighted by Crippen LogP contribution is 2.24. The number of hydrogen-bond donors (Lipinski definition) is 0. The van der Waals surface area contributed by atoms with Crippen LogP contribution in [0.25, 0.3) is 0 Å². The van der Waals surface area contributed by atoms with Gasteiger partial charge in [0.1, 0.15) is 5.15 Å². The maximum absolute atomic E-state index is 6.23. The van der Waals surface area contributed by atoms with E-state index in [0.717, 1.165) is 29.4 Å². The van der Waals surface area contributed by atoms with Crippen molar-refractivity contribution in [2.24, 2.45) is 7.05 Å². The lowest BCUT2D eigenvalue weighted by Crippen LogP contribution is -2.39. The van der Waals surface area contributed by atoms with Crippen LogP contribution in [0.4, 0.5) is 0 Å². The average molecular weight is 244 g/mol. The summed E-state index contributed by atoms with van der Waals surface area (Å²) in [6.45, 7) is 9.54. The largest absolute Gasteiger partial charge is 0.297 e. The fourth-order valence-corrected chi connectivity index (χ4v) is 1.81. The van der Waals surface area contributed by atoms with Crippen molar-refractivity contribution in [2.75, 3.05) is 7.05 Å². The van der Waals surface area contributed by atoms with Crippen molar-refractivity contribution in [3.8, 4) is 0 Å². The molecular formula is C12H22ClN3. The van der Waals surface area contributed by atoms with Gasteiger partial charge in [0, 0.05) is 24.7 Å². The highest BCUT2D eigenvalue weighted by atomic mass is 35.5. The zero-order valence-corrected chi connectivity index (χ0v) is 11.9. The fourth-order valence-electron chi connectivity index (χ4n) is 1.57. The lowest BCUT2D eigenvalue weighted by atomic mass is 9.99. The molecule has 0 aromatic carbocycles. The van der Waals surface area contributed by atoms with E-state index in [1.165, 1.54) is 0 Å². The molecule has 0 unspecified atom stereocenters. The SMILES string of the molecule is CCC(C)(C)N(C)Cc1c(C)nn(C)c1Cl. The summed E-state index contributed by atoms with van der Waals surface area (Å²) < 4.78 is 1.74. The van der Waals surface area contributed by atoms with Gasteiger partial charge in [0.05, 0.1) is 5.69 Å². The summed E-state index contributed by atoms with van der Waals surface area (Å²) in [6, 6.07) is 0. The van der Waals surface area contributed by atoms with Crippen molar-refractivity contribution in [2.45, 2.75) is 46.2 Å². The smallest absolute Gasteiger partial charge is 0.131 e. The maximum Gasteiger partial charge on any atom is 0.131 e. The van der Waals surface area contributed by atoms with E-state index >= 15 is 0 Å². The van der Waals surface area contributed by atoms with Gasteiger partial charge >= 0.3 is 0 Å². The summed E-state index contributed by atoms with van der Waals surface area (Å²) in [5, 5.41) is 5.08. The van der Waals surface area contributed by atoms with Crippen molar-refractivity contribution >= 4 is 11.6 Å². The van der Waals surface area contributed by atoms with Crippen molar-refractivity contribution in [3.05, 3.63) is 16.4 Å². The summed E-state index contributed by atoms with van der Waals surface area (Å²) in [4.78, 5) is 2.32. The normalized spacial score (nSPS) is 12.5. The molecule has 0 fully saturated rings. The standard InChI is InChI=1S/C12H22ClN3/c1-7-12(3,4)15(5)8-10-9(2)14-16(6)11(10)13/h7-8H2,1-6H3. The van der Waals surface area contributed by atoms with Crippen LogP contribution in [0.15, 0.2) is 0 Å². The van der Waals surface area contributed by atoms with Gasteiger partial charge in [-0.05, 0) is 34.2 Å². The highest BCUT2D eigenvalue weighted by molar-refractivity contribution is 6.30. The second kappa shape index (κ2) is 4.76. The minimum atomic E-state index is 0.186. The van der Waals surface area contributed by atoms with Crippen LogP contribution >= 0.6 is 11.6 Å². The molecule has 0 aliphatic heterocycles. The predicted octanol–water partition coefficient (Wildman–Crippen LogP) is 3.00. The molecule has 0 bridgehead atoms. The molecule has 1 rings (SSSR count). The minimum absolute atomic E-state index is 0.186. The van der Waals surface area contributed by atoms with E-state index in [4.69, 9.17) is 11.6 Å². The summed E-state index contributed by atoms with van der Waals surface area (Å²) in [5.74, 6) is 0. The van der Waals surface area contributed by atoms with Gasteiger partial charge in [-0.2, -0.15) is 5.10 Å². The van der Waals surface area contributed by atoms with E-state index in [1.54, 1.807) is 4.68 Å². The number of rotatable bonds is 4. The molecule has 0 aliphatic rings. The second-order valence-electron chi connectivity index (χ2n) is 5.00. The van der Waals surface area contributed by atoms with Crippen LogP contribution in [0.5, 0.6) is 0 Å². The first-order chi connectivity index (χ1) is 7.29. The van der Waals surface area contributed by atoms with Crippen LogP contribution < -0.4 is 0 Å². The minimum Gasteiger partial charge on any atom is -0.297 e. The molecule has 1 aromatic rings. The summed E-state index contributed by atoms with van der Waals surface area (Å²) in [7, 11) is 4.01. The Balaban J connectivity index is 2.89. The fraction of sp³-hybridized carbons (Fsp3) is 0.750. The first-order valence-electron chi connectivity index (χ1n) is 5.68. The van der Waals surface area contributed by atoms with Gasteiger partial charge in [-0.25, -0.2) is 0 Å². The average Bonchev–Trinajstić information content (AvgIpc) is 2.45. The third kappa shape index (κ3) is 2.58. The molecule has 3 nitrogen and oxygen atoms in total. The zero-order valence-electron chi connectivity index (χ0n) is 11.1. The summed E-state index contributed by atoms with van der Waals surface area (Å²) >= 11 is 6.23. The van der Waals surface area contributed by atoms with Crippen molar-refractivity contribution in [1.82, 2.24) is 14.7 Å². The van der Waals surface area contributed by atoms with Gasteiger partial charge in [0.15, 0.2) is 0 Å². The Morgan fingerprint density at radius 1 is 1.44 bits per heavy atom. The van der Waals surface area contributed by atoms with Crippen LogP contribution in [-0.2, 0) is 13.6 Å². The van der Waals surface area contributed by atoms with E-state index in [9.17, 15) is 0 Å². The van der Waals surface area contributed by atoms with E-state index in [1.807, 2.05) is 14.0 Å². The Labute approximate surface area is 103 Å². The van der Waals surface area contributed by atoms with Gasteiger partial charge in [-0.15, -0.1) is 0 Å². The Hall–Kier alpha value is -0.540. The highest BCUT2D eigenvalue weighted by Gasteiger charge is 2.23. The molecule has 0 radical (unpaired) electrons. The van der Waals surface area contributed by atoms with Crippen LogP contribution in [0, 0.1) is 6.92 Å². The van der Waals surface area contributed by atoms with Crippen LogP contribution in [0.1, 0.15) is 38.4 Å². The summed E-state index contributed by atoms with van der Waals surface area (Å²) in [6.07, 6.45) is 1.11. The molecule has 0 atom stereocenters. The maximum atomic E-state index is 6.23. The van der Waals surface area contributed by atoms with E-state index in [0.29, 0.717) is 0 Å². The van der Waals surface area contributed by atoms with Crippen molar-refractivity contribution < 1.29 is 0 Å². The molecule has 1 heterocycles. The first-order valence-corrected chi connectivity index (χ1v) is 6.06. The Kier molecular flexibility index (Phi) is 4.02. The molecule has 0 saturated heterocycles. The molecule has 1 aromatic heterocycles. The number of aromatic nitrogens is 2. The predicted molar refractivity (Wildman–Crippen MR) is 68.8 cm³/mol. The van der Waals surface area contributed by atoms with Crippen LogP contribution in [-0.4, -0.2) is 27.3 Å². The van der Waals surface area contributed by atoms with Crippen LogP contribution in [0.3, 0.4) is 0 Å². The van der Waals surface area contributed by atoms with E-state index < -0.39 is 0 Å². The molecule has 16 heavy (non-hydrogen) atoms. The molecule has 0 aliphatic carbocycles. The Morgan fingerprint density at radius 3 is 2.38 bits per heavy atom. The molecule has 4 heteroatoms. The molecule has 0 spiro atoms. The molecule has 0 saturated carbocycles. The first kappa shape index (κ1) is 13.5. The number of hydrogen-bond acceptors (Lipinski definition) is 2. The third-order valence-corrected chi connectivity index (χ3v) is 4.04. The lowest BCUT2D eigenvalue weighted by molar-refractivity contribution is 0.143. The van der Waals surface area contributed by atoms with Gasteiger partial charge in [0.2, 0.25) is 0 Å². The van der Waals surface area contributed by atoms with Gasteiger partial charge in [0.25, 0.3) is 0 Å². The van der Waals surface area contributed by atoms with Gasteiger partial charge in [-0.3, -0.25) is 9.58 Å². The third-order valence-electron chi connectivity index (χ3n) is 3.56. The van der Waals surface area contributed by atoms with Crippen LogP contribution in [0.2, 0.25) is 5.15 Å². The molecule has 0 amide bonds. The Bertz CT molecular complexity index is 369. The molecular weight excluding hydrogens is 222 g/mol. The number of halogens is 1. The monoisotopic (exact) mass is 243 g/mol. The number of aryl methyl sites for hydroxylation is 2. The second-order valence-corrected chi connectivity index (χ2v) is 5.36. The van der Waals surface area contributed by atoms with E-state index in [-0.39, 0.29) is 5.54 Å². The number of nitrogens with zero attached hydrogens (tertiary/aromatic N) is 3. The summed E-state index contributed by atoms with van der Waals surface area (Å²) in [5.41, 5.74) is 2.34. The van der Waals surface area contributed by atoms with Gasteiger partial charge < -0.3 is 0 Å². The van der Waals surface area contributed by atoms with Crippen molar-refractivity contribution in [3.63, 3.8) is 0 Å². The quantitative estimate of drug-likeness (QED) is 0.811. The van der Waals surface area contributed by atoms with E-state index in [2.05, 4.69) is 37.8 Å². The Morgan fingerprint density at radius 2 is 2.00 bits per heavy atom. The van der Waals surface area contributed by atoms with Crippen molar-refractivity contribution in [1.29, 1.82) is 0 Å².